The van der Waals surface area contributed by atoms with E-state index >= 15 is 0 Å². The topological polar surface area (TPSA) is 57.6 Å². The van der Waals surface area contributed by atoms with E-state index in [2.05, 4.69) is 25.1 Å². The van der Waals surface area contributed by atoms with Crippen LogP contribution in [0.15, 0.2) is 51.7 Å². The van der Waals surface area contributed by atoms with Gasteiger partial charge in [0.25, 0.3) is 0 Å². The van der Waals surface area contributed by atoms with Crippen LogP contribution in [0.2, 0.25) is 0 Å². The quantitative estimate of drug-likeness (QED) is 0.585. The maximum atomic E-state index is 12.1. The van der Waals surface area contributed by atoms with Crippen molar-refractivity contribution in [3.05, 3.63) is 69.6 Å². The average molecular weight is 411 g/mol. The van der Waals surface area contributed by atoms with Crippen LogP contribution in [0.25, 0.3) is 11.0 Å². The van der Waals surface area contributed by atoms with Gasteiger partial charge < -0.3 is 23.7 Å². The maximum absolute atomic E-state index is 12.1. The minimum atomic E-state index is -0.305. The zero-order valence-corrected chi connectivity index (χ0v) is 17.9. The number of quaternary nitrogens is 2. The molecule has 0 bridgehead atoms. The molecule has 0 unspecified atom stereocenters. The average Bonchev–Trinajstić information content (AvgIpc) is 2.74. The van der Waals surface area contributed by atoms with Crippen LogP contribution in [0.5, 0.6) is 11.5 Å². The fourth-order valence-electron chi connectivity index (χ4n) is 4.38. The molecule has 0 radical (unpaired) electrons. The molecule has 158 valence electrons. The predicted octanol–water partition coefficient (Wildman–Crippen LogP) is 0.602. The summed E-state index contributed by atoms with van der Waals surface area (Å²) in [6.07, 6.45) is 0. The van der Waals surface area contributed by atoms with Crippen molar-refractivity contribution in [3.63, 3.8) is 0 Å². The van der Waals surface area contributed by atoms with E-state index in [4.69, 9.17) is 13.9 Å². The van der Waals surface area contributed by atoms with Crippen LogP contribution in [-0.2, 0) is 13.1 Å². The highest BCUT2D eigenvalue weighted by atomic mass is 16.5. The van der Waals surface area contributed by atoms with Gasteiger partial charge in [0.1, 0.15) is 56.4 Å². The third-order valence-electron chi connectivity index (χ3n) is 6.02. The van der Waals surface area contributed by atoms with E-state index in [1.54, 1.807) is 31.3 Å². The first-order chi connectivity index (χ1) is 14.6. The maximum Gasteiger partial charge on any atom is 0.336 e. The van der Waals surface area contributed by atoms with Crippen molar-refractivity contribution in [1.29, 1.82) is 0 Å². The van der Waals surface area contributed by atoms with Crippen LogP contribution in [-0.4, -0.2) is 40.4 Å². The van der Waals surface area contributed by atoms with Crippen LogP contribution in [0.4, 0.5) is 0 Å². The zero-order valence-electron chi connectivity index (χ0n) is 17.9. The standard InChI is InChI=1S/C24H28N2O4/c1-17-4-7-22(29-3)19(12-17)16-26-10-8-25(9-11-26)15-18-13-24(27)30-23-14-20(28-2)5-6-21(18)23/h4-7,12-14H,8-11,15-16H2,1-3H3/p+2. The van der Waals surface area contributed by atoms with Gasteiger partial charge in [0.05, 0.1) is 14.2 Å². The fourth-order valence-corrected chi connectivity index (χ4v) is 4.38. The highest BCUT2D eigenvalue weighted by Gasteiger charge is 2.25. The van der Waals surface area contributed by atoms with Crippen molar-refractivity contribution in [2.24, 2.45) is 0 Å². The van der Waals surface area contributed by atoms with Crippen LogP contribution in [0.3, 0.4) is 0 Å². The van der Waals surface area contributed by atoms with Crippen molar-refractivity contribution in [2.45, 2.75) is 20.0 Å². The second-order valence-electron chi connectivity index (χ2n) is 8.12. The Hall–Kier alpha value is -2.83. The Morgan fingerprint density at radius 2 is 1.57 bits per heavy atom. The number of hydrogen-bond donors (Lipinski definition) is 2. The Bertz CT molecular complexity index is 1080. The molecule has 6 heteroatoms. The minimum absolute atomic E-state index is 0.305. The normalized spacial score (nSPS) is 19.0. The highest BCUT2D eigenvalue weighted by molar-refractivity contribution is 5.81. The summed E-state index contributed by atoms with van der Waals surface area (Å²) in [4.78, 5) is 15.1. The molecule has 4 rings (SSSR count). The first-order valence-electron chi connectivity index (χ1n) is 10.5. The molecule has 1 aromatic heterocycles. The van der Waals surface area contributed by atoms with Gasteiger partial charge in [-0.1, -0.05) is 11.6 Å². The number of aryl methyl sites for hydroxylation is 1. The molecule has 30 heavy (non-hydrogen) atoms. The molecule has 6 nitrogen and oxygen atoms in total. The lowest BCUT2D eigenvalue weighted by Crippen LogP contribution is -3.27. The van der Waals surface area contributed by atoms with E-state index in [1.165, 1.54) is 16.0 Å². The number of benzene rings is 2. The monoisotopic (exact) mass is 410 g/mol. The van der Waals surface area contributed by atoms with Gasteiger partial charge >= 0.3 is 5.63 Å². The van der Waals surface area contributed by atoms with E-state index in [9.17, 15) is 4.79 Å². The van der Waals surface area contributed by atoms with Crippen LogP contribution < -0.4 is 24.9 Å². The summed E-state index contributed by atoms with van der Waals surface area (Å²) in [5.41, 5.74) is 3.87. The molecular formula is C24H30N2O4+2. The summed E-state index contributed by atoms with van der Waals surface area (Å²) in [7, 11) is 3.35. The Labute approximate surface area is 176 Å². The van der Waals surface area contributed by atoms with Gasteiger partial charge in [-0.25, -0.2) is 4.79 Å². The molecule has 0 aliphatic carbocycles. The second-order valence-corrected chi connectivity index (χ2v) is 8.12. The van der Waals surface area contributed by atoms with Crippen molar-refractivity contribution in [3.8, 4) is 11.5 Å². The molecule has 0 saturated carbocycles. The Kier molecular flexibility index (Phi) is 6.06. The van der Waals surface area contributed by atoms with Crippen LogP contribution >= 0.6 is 0 Å². The van der Waals surface area contributed by atoms with E-state index in [-0.39, 0.29) is 5.63 Å². The SMILES string of the molecule is COc1ccc2c(C[NH+]3CC[NH+](Cc4cc(C)ccc4OC)CC3)cc(=O)oc2c1. The fraction of sp³-hybridized carbons (Fsp3) is 0.375. The number of fused-ring (bicyclic) bond motifs is 1. The third-order valence-corrected chi connectivity index (χ3v) is 6.02. The van der Waals surface area contributed by atoms with E-state index in [0.29, 0.717) is 11.3 Å². The van der Waals surface area contributed by atoms with Crippen molar-refractivity contribution in [1.82, 2.24) is 0 Å². The molecule has 2 N–H and O–H groups in total. The minimum Gasteiger partial charge on any atom is -0.497 e. The highest BCUT2D eigenvalue weighted by Crippen LogP contribution is 2.22. The van der Waals surface area contributed by atoms with E-state index in [1.807, 2.05) is 12.1 Å². The molecule has 2 heterocycles. The van der Waals surface area contributed by atoms with Gasteiger partial charge in [0.2, 0.25) is 0 Å². The van der Waals surface area contributed by atoms with Gasteiger partial charge in [0.15, 0.2) is 0 Å². The molecule has 1 aliphatic heterocycles. The number of methoxy groups -OCH3 is 2. The summed E-state index contributed by atoms with van der Waals surface area (Å²) >= 11 is 0. The molecule has 1 aliphatic rings. The Morgan fingerprint density at radius 3 is 2.23 bits per heavy atom. The number of piperazine rings is 1. The van der Waals surface area contributed by atoms with Crippen molar-refractivity contribution in [2.75, 3.05) is 40.4 Å². The molecule has 0 spiro atoms. The second kappa shape index (κ2) is 8.90. The van der Waals surface area contributed by atoms with Gasteiger partial charge in [-0.3, -0.25) is 0 Å². The molecule has 2 aromatic carbocycles. The smallest absolute Gasteiger partial charge is 0.336 e. The van der Waals surface area contributed by atoms with Gasteiger partial charge in [-0.05, 0) is 31.2 Å². The largest absolute Gasteiger partial charge is 0.497 e. The van der Waals surface area contributed by atoms with Gasteiger partial charge in [0, 0.05) is 28.6 Å². The van der Waals surface area contributed by atoms with Crippen LogP contribution in [0, 0.1) is 6.92 Å². The number of ether oxygens (including phenoxy) is 2. The molecule has 1 saturated heterocycles. The van der Waals surface area contributed by atoms with Crippen molar-refractivity contribution >= 4 is 11.0 Å². The van der Waals surface area contributed by atoms with E-state index < -0.39 is 0 Å². The summed E-state index contributed by atoms with van der Waals surface area (Å²) in [5.74, 6) is 1.67. The Balaban J connectivity index is 1.43. The number of hydrogen-bond acceptors (Lipinski definition) is 4. The predicted molar refractivity (Wildman–Crippen MR) is 116 cm³/mol. The van der Waals surface area contributed by atoms with Gasteiger partial charge in [-0.2, -0.15) is 0 Å². The molecule has 0 amide bonds. The van der Waals surface area contributed by atoms with E-state index in [0.717, 1.165) is 56.0 Å². The molecule has 1 fully saturated rings. The third kappa shape index (κ3) is 4.50. The number of rotatable bonds is 6. The summed E-state index contributed by atoms with van der Waals surface area (Å²) in [6, 6.07) is 13.7. The summed E-state index contributed by atoms with van der Waals surface area (Å²) < 4.78 is 16.2. The lowest BCUT2D eigenvalue weighted by molar-refractivity contribution is -1.02. The number of nitrogens with one attached hydrogen (secondary N) is 2. The van der Waals surface area contributed by atoms with Gasteiger partial charge in [-0.15, -0.1) is 0 Å². The van der Waals surface area contributed by atoms with Crippen molar-refractivity contribution < 1.29 is 23.7 Å². The first kappa shape index (κ1) is 20.4. The summed E-state index contributed by atoms with van der Waals surface area (Å²) in [6.45, 7) is 8.27. The zero-order chi connectivity index (χ0) is 21.1. The van der Waals surface area contributed by atoms with Crippen LogP contribution in [0.1, 0.15) is 16.7 Å². The Morgan fingerprint density at radius 1 is 0.867 bits per heavy atom. The first-order valence-corrected chi connectivity index (χ1v) is 10.5. The lowest BCUT2D eigenvalue weighted by atomic mass is 10.1. The molecular weight excluding hydrogens is 380 g/mol. The molecule has 3 aromatic rings. The lowest BCUT2D eigenvalue weighted by Gasteiger charge is -2.30. The summed E-state index contributed by atoms with van der Waals surface area (Å²) in [5, 5.41) is 0.988. The molecule has 0 atom stereocenters.